The summed E-state index contributed by atoms with van der Waals surface area (Å²) in [6.07, 6.45) is 3.00. The fraction of sp³-hybridized carbons (Fsp3) is 0.846. The van der Waals surface area contributed by atoms with Gasteiger partial charge in [0.15, 0.2) is 0 Å². The Labute approximate surface area is 113 Å². The molecule has 5 heteroatoms. The predicted octanol–water partition coefficient (Wildman–Crippen LogP) is 1.46. The predicted molar refractivity (Wildman–Crippen MR) is 73.1 cm³/mol. The van der Waals surface area contributed by atoms with Crippen molar-refractivity contribution in [1.29, 1.82) is 0 Å². The third-order valence-electron chi connectivity index (χ3n) is 3.35. The van der Waals surface area contributed by atoms with Crippen LogP contribution in [0.5, 0.6) is 0 Å². The Hall–Kier alpha value is -0.710. The van der Waals surface area contributed by atoms with Crippen LogP contribution in [0, 0.1) is 11.8 Å². The lowest BCUT2D eigenvalue weighted by molar-refractivity contribution is -0.138. The third-order valence-corrected chi connectivity index (χ3v) is 4.36. The van der Waals surface area contributed by atoms with Gasteiger partial charge in [0.05, 0.1) is 5.88 Å². The third kappa shape index (κ3) is 3.64. The van der Waals surface area contributed by atoms with Crippen molar-refractivity contribution >= 4 is 23.6 Å². The molecule has 1 N–H and O–H groups in total. The molecule has 102 valence electrons. The molecule has 1 aliphatic heterocycles. The van der Waals surface area contributed by atoms with E-state index in [0.29, 0.717) is 24.1 Å². The average Bonchev–Trinajstić information content (AvgIpc) is 2.99. The van der Waals surface area contributed by atoms with Crippen LogP contribution in [0.4, 0.5) is 0 Å². The van der Waals surface area contributed by atoms with E-state index in [9.17, 15) is 9.59 Å². The number of carbonyl (C=O) groups excluding carboxylic acids is 2. The molecule has 2 rings (SSSR count). The molecule has 4 nitrogen and oxygen atoms in total. The Morgan fingerprint density at radius 2 is 2.11 bits per heavy atom. The molecule has 1 atom stereocenters. The zero-order chi connectivity index (χ0) is 13.1. The second-order valence-corrected chi connectivity index (χ2v) is 6.67. The molecule has 0 spiro atoms. The summed E-state index contributed by atoms with van der Waals surface area (Å²) in [6, 6.07) is -0.250. The van der Waals surface area contributed by atoms with E-state index in [0.717, 1.165) is 12.3 Å². The van der Waals surface area contributed by atoms with Crippen LogP contribution < -0.4 is 5.32 Å². The van der Waals surface area contributed by atoms with Gasteiger partial charge >= 0.3 is 0 Å². The first kappa shape index (κ1) is 13.7. The van der Waals surface area contributed by atoms with Crippen molar-refractivity contribution in [2.24, 2.45) is 11.8 Å². The van der Waals surface area contributed by atoms with Crippen molar-refractivity contribution in [3.8, 4) is 0 Å². The highest BCUT2D eigenvalue weighted by Gasteiger charge is 2.35. The molecule has 1 heterocycles. The monoisotopic (exact) mass is 270 g/mol. The number of amides is 2. The van der Waals surface area contributed by atoms with Crippen LogP contribution in [-0.4, -0.2) is 40.9 Å². The van der Waals surface area contributed by atoms with Crippen LogP contribution in [0.2, 0.25) is 0 Å². The van der Waals surface area contributed by atoms with Crippen molar-refractivity contribution < 1.29 is 9.59 Å². The van der Waals surface area contributed by atoms with Gasteiger partial charge in [-0.25, -0.2) is 0 Å². The number of hydrogen-bond donors (Lipinski definition) is 1. The van der Waals surface area contributed by atoms with Crippen molar-refractivity contribution in [1.82, 2.24) is 10.2 Å². The summed E-state index contributed by atoms with van der Waals surface area (Å²) in [5, 5.41) is 2.98. The molecule has 0 aromatic rings. The van der Waals surface area contributed by atoms with Crippen LogP contribution >= 0.6 is 11.8 Å². The fourth-order valence-electron chi connectivity index (χ4n) is 2.06. The lowest BCUT2D eigenvalue weighted by atomic mass is 10.1. The molecule has 2 amide bonds. The highest BCUT2D eigenvalue weighted by atomic mass is 32.2. The van der Waals surface area contributed by atoms with Gasteiger partial charge in [-0.2, -0.15) is 0 Å². The number of nitrogens with zero attached hydrogens (tertiary/aromatic N) is 1. The quantitative estimate of drug-likeness (QED) is 0.823. The minimum Gasteiger partial charge on any atom is -0.354 e. The van der Waals surface area contributed by atoms with E-state index < -0.39 is 0 Å². The standard InChI is InChI=1S/C13H22N2O2S/c1-9(2)5-12(16)15-8-18-7-11(15)13(17)14-6-10-3-4-10/h9-11H,3-8H2,1-2H3,(H,14,17). The van der Waals surface area contributed by atoms with Crippen LogP contribution in [0.15, 0.2) is 0 Å². The van der Waals surface area contributed by atoms with E-state index in [1.54, 1.807) is 16.7 Å². The van der Waals surface area contributed by atoms with Gasteiger partial charge in [-0.1, -0.05) is 13.8 Å². The molecule has 1 saturated carbocycles. The van der Waals surface area contributed by atoms with Crippen LogP contribution in [0.3, 0.4) is 0 Å². The minimum atomic E-state index is -0.250. The topological polar surface area (TPSA) is 49.4 Å². The molecule has 2 fully saturated rings. The fourth-order valence-corrected chi connectivity index (χ4v) is 3.24. The van der Waals surface area contributed by atoms with Crippen molar-refractivity contribution in [3.05, 3.63) is 0 Å². The van der Waals surface area contributed by atoms with Crippen LogP contribution in [-0.2, 0) is 9.59 Å². The highest BCUT2D eigenvalue weighted by molar-refractivity contribution is 7.99. The van der Waals surface area contributed by atoms with Gasteiger partial charge in [-0.15, -0.1) is 11.8 Å². The van der Waals surface area contributed by atoms with E-state index in [-0.39, 0.29) is 17.9 Å². The Morgan fingerprint density at radius 1 is 1.39 bits per heavy atom. The summed E-state index contributed by atoms with van der Waals surface area (Å²) < 4.78 is 0. The first-order valence-corrected chi connectivity index (χ1v) is 7.88. The molecule has 1 aliphatic carbocycles. The molecular weight excluding hydrogens is 248 g/mol. The van der Waals surface area contributed by atoms with Crippen molar-refractivity contribution in [2.75, 3.05) is 18.2 Å². The molecule has 1 unspecified atom stereocenters. The SMILES string of the molecule is CC(C)CC(=O)N1CSCC1C(=O)NCC1CC1. The maximum Gasteiger partial charge on any atom is 0.243 e. The van der Waals surface area contributed by atoms with Gasteiger partial charge in [-0.3, -0.25) is 9.59 Å². The van der Waals surface area contributed by atoms with Gasteiger partial charge in [0.25, 0.3) is 0 Å². The first-order valence-electron chi connectivity index (χ1n) is 6.73. The van der Waals surface area contributed by atoms with Crippen molar-refractivity contribution in [2.45, 2.75) is 39.2 Å². The second kappa shape index (κ2) is 5.95. The Balaban J connectivity index is 1.85. The summed E-state index contributed by atoms with van der Waals surface area (Å²) in [7, 11) is 0. The van der Waals surface area contributed by atoms with Gasteiger partial charge in [0.2, 0.25) is 11.8 Å². The zero-order valence-corrected chi connectivity index (χ0v) is 12.0. The number of nitrogens with one attached hydrogen (secondary N) is 1. The second-order valence-electron chi connectivity index (χ2n) is 5.67. The van der Waals surface area contributed by atoms with Gasteiger partial charge in [-0.05, 0) is 24.7 Å². The normalized spacial score (nSPS) is 23.5. The maximum absolute atomic E-state index is 12.1. The summed E-state index contributed by atoms with van der Waals surface area (Å²) in [5.41, 5.74) is 0. The Bertz CT molecular complexity index is 329. The molecule has 0 aromatic heterocycles. The molecule has 2 aliphatic rings. The molecule has 18 heavy (non-hydrogen) atoms. The summed E-state index contributed by atoms with van der Waals surface area (Å²) >= 11 is 1.67. The molecular formula is C13H22N2O2S. The molecule has 0 bridgehead atoms. The minimum absolute atomic E-state index is 0.0315. The number of carbonyl (C=O) groups is 2. The van der Waals surface area contributed by atoms with Gasteiger partial charge < -0.3 is 10.2 Å². The lowest BCUT2D eigenvalue weighted by Crippen LogP contribution is -2.47. The number of hydrogen-bond acceptors (Lipinski definition) is 3. The van der Waals surface area contributed by atoms with Crippen LogP contribution in [0.1, 0.15) is 33.1 Å². The lowest BCUT2D eigenvalue weighted by Gasteiger charge is -2.23. The summed E-state index contributed by atoms with van der Waals surface area (Å²) in [4.78, 5) is 25.9. The van der Waals surface area contributed by atoms with E-state index >= 15 is 0 Å². The maximum atomic E-state index is 12.1. The van der Waals surface area contributed by atoms with Gasteiger partial charge in [0.1, 0.15) is 6.04 Å². The molecule has 0 radical (unpaired) electrons. The van der Waals surface area contributed by atoms with E-state index in [2.05, 4.69) is 5.32 Å². The smallest absolute Gasteiger partial charge is 0.243 e. The largest absolute Gasteiger partial charge is 0.354 e. The Kier molecular flexibility index (Phi) is 4.54. The summed E-state index contributed by atoms with van der Waals surface area (Å²) in [6.45, 7) is 4.85. The van der Waals surface area contributed by atoms with Crippen molar-refractivity contribution in [3.63, 3.8) is 0 Å². The zero-order valence-electron chi connectivity index (χ0n) is 11.1. The van der Waals surface area contributed by atoms with E-state index in [1.807, 2.05) is 13.8 Å². The van der Waals surface area contributed by atoms with E-state index in [1.165, 1.54) is 12.8 Å². The van der Waals surface area contributed by atoms with E-state index in [4.69, 9.17) is 0 Å². The Morgan fingerprint density at radius 3 is 2.72 bits per heavy atom. The number of thioether (sulfide) groups is 1. The first-order chi connectivity index (χ1) is 8.58. The van der Waals surface area contributed by atoms with Gasteiger partial charge in [0, 0.05) is 18.7 Å². The molecule has 1 saturated heterocycles. The molecule has 0 aromatic carbocycles. The van der Waals surface area contributed by atoms with Crippen LogP contribution in [0.25, 0.3) is 0 Å². The number of rotatable bonds is 5. The average molecular weight is 270 g/mol. The summed E-state index contributed by atoms with van der Waals surface area (Å²) in [5.74, 6) is 2.57. The highest BCUT2D eigenvalue weighted by Crippen LogP contribution is 2.28.